The van der Waals surface area contributed by atoms with Gasteiger partial charge in [0.25, 0.3) is 0 Å². The maximum absolute atomic E-state index is 12.4. The number of carboxylic acid groups (broad SMARTS) is 1. The number of phenols is 1. The van der Waals surface area contributed by atoms with Gasteiger partial charge in [-0.15, -0.1) is 0 Å². The van der Waals surface area contributed by atoms with Gasteiger partial charge in [0.2, 0.25) is 0 Å². The van der Waals surface area contributed by atoms with Gasteiger partial charge in [-0.2, -0.15) is 0 Å². The van der Waals surface area contributed by atoms with E-state index in [0.29, 0.717) is 22.5 Å². The van der Waals surface area contributed by atoms with Crippen LogP contribution in [-0.4, -0.2) is 16.3 Å². The molecule has 5 rings (SSSR count). The molecule has 0 aromatic heterocycles. The highest BCUT2D eigenvalue weighted by molar-refractivity contribution is 6.14. The van der Waals surface area contributed by atoms with Gasteiger partial charge in [-0.05, 0) is 45.8 Å². The third kappa shape index (κ3) is 3.15. The molecule has 0 aliphatic carbocycles. The Labute approximate surface area is 179 Å². The van der Waals surface area contributed by atoms with Crippen LogP contribution in [0, 0.1) is 0 Å². The number of amides is 1. The summed E-state index contributed by atoms with van der Waals surface area (Å²) >= 11 is 0. The van der Waals surface area contributed by atoms with Crippen molar-refractivity contribution >= 4 is 39.0 Å². The quantitative estimate of drug-likeness (QED) is 0.334. The Morgan fingerprint density at radius 2 is 1.16 bits per heavy atom. The fourth-order valence-corrected chi connectivity index (χ4v) is 4.16. The fraction of sp³-hybridized carbons (Fsp3) is 0. The zero-order valence-corrected chi connectivity index (χ0v) is 16.6. The number of fused-ring (bicyclic) bond motifs is 2. The van der Waals surface area contributed by atoms with Gasteiger partial charge in [0.1, 0.15) is 5.75 Å². The Balaban J connectivity index is 1.93. The summed E-state index contributed by atoms with van der Waals surface area (Å²) in [5.74, 6) is 0.106. The molecule has 5 aromatic rings. The van der Waals surface area contributed by atoms with Crippen molar-refractivity contribution in [3.63, 3.8) is 0 Å². The molecule has 0 aliphatic rings. The fourth-order valence-electron chi connectivity index (χ4n) is 4.16. The first kappa shape index (κ1) is 18.7. The summed E-state index contributed by atoms with van der Waals surface area (Å²) in [5, 5.41) is 24.8. The zero-order chi connectivity index (χ0) is 21.4. The molecule has 0 unspecified atom stereocenters. The number of para-hydroxylation sites is 1. The number of hydrogen-bond acceptors (Lipinski definition) is 2. The van der Waals surface area contributed by atoms with E-state index >= 15 is 0 Å². The summed E-state index contributed by atoms with van der Waals surface area (Å²) in [6.45, 7) is 0. The van der Waals surface area contributed by atoms with E-state index in [1.54, 1.807) is 36.4 Å². The third-order valence-electron chi connectivity index (χ3n) is 5.51. The smallest absolute Gasteiger partial charge is 0.416 e. The first-order valence-corrected chi connectivity index (χ1v) is 9.96. The minimum Gasteiger partial charge on any atom is -0.507 e. The molecule has 0 saturated carbocycles. The van der Waals surface area contributed by atoms with E-state index in [-0.39, 0.29) is 5.75 Å². The van der Waals surface area contributed by atoms with Crippen molar-refractivity contribution in [3.8, 4) is 16.9 Å². The first-order chi connectivity index (χ1) is 15.1. The van der Waals surface area contributed by atoms with Crippen molar-refractivity contribution in [1.29, 1.82) is 0 Å². The van der Waals surface area contributed by atoms with Crippen molar-refractivity contribution in [3.05, 3.63) is 103 Å². The van der Waals surface area contributed by atoms with Gasteiger partial charge in [0.05, 0.1) is 11.4 Å². The van der Waals surface area contributed by atoms with Crippen LogP contribution in [0.1, 0.15) is 0 Å². The van der Waals surface area contributed by atoms with Crippen LogP contribution in [0.4, 0.5) is 16.2 Å². The maximum Gasteiger partial charge on any atom is 0.416 e. The van der Waals surface area contributed by atoms with Gasteiger partial charge < -0.3 is 10.2 Å². The maximum atomic E-state index is 12.4. The minimum absolute atomic E-state index is 0.106. The topological polar surface area (TPSA) is 60.8 Å². The molecule has 0 atom stereocenters. The van der Waals surface area contributed by atoms with E-state index in [2.05, 4.69) is 0 Å². The van der Waals surface area contributed by atoms with E-state index in [0.717, 1.165) is 21.5 Å². The van der Waals surface area contributed by atoms with Gasteiger partial charge in [-0.25, -0.2) is 9.69 Å². The lowest BCUT2D eigenvalue weighted by Crippen LogP contribution is -2.24. The van der Waals surface area contributed by atoms with Crippen molar-refractivity contribution in [1.82, 2.24) is 0 Å². The summed E-state index contributed by atoms with van der Waals surface area (Å²) in [6.07, 6.45) is -1.09. The van der Waals surface area contributed by atoms with Crippen LogP contribution in [-0.2, 0) is 0 Å². The summed E-state index contributed by atoms with van der Waals surface area (Å²) in [5.41, 5.74) is 2.32. The zero-order valence-electron chi connectivity index (χ0n) is 16.6. The second-order valence-electron chi connectivity index (χ2n) is 7.32. The highest BCUT2D eigenvalue weighted by Gasteiger charge is 2.24. The minimum atomic E-state index is -1.09. The summed E-state index contributed by atoms with van der Waals surface area (Å²) in [7, 11) is 0. The summed E-state index contributed by atoms with van der Waals surface area (Å²) < 4.78 is 0. The molecule has 150 valence electrons. The monoisotopic (exact) mass is 405 g/mol. The van der Waals surface area contributed by atoms with E-state index in [1.807, 2.05) is 66.7 Å². The average molecular weight is 405 g/mol. The molecule has 0 saturated heterocycles. The van der Waals surface area contributed by atoms with Crippen LogP contribution in [0.25, 0.3) is 32.7 Å². The number of hydrogen-bond donors (Lipinski definition) is 2. The molecule has 0 spiro atoms. The molecule has 0 fully saturated rings. The Kier molecular flexibility index (Phi) is 4.53. The molecule has 2 N–H and O–H groups in total. The molecule has 4 nitrogen and oxygen atoms in total. The van der Waals surface area contributed by atoms with Crippen LogP contribution in [0.15, 0.2) is 103 Å². The van der Waals surface area contributed by atoms with Crippen LogP contribution < -0.4 is 4.90 Å². The lowest BCUT2D eigenvalue weighted by molar-refractivity contribution is 0.205. The van der Waals surface area contributed by atoms with Crippen molar-refractivity contribution in [2.75, 3.05) is 4.90 Å². The molecule has 0 heterocycles. The highest BCUT2D eigenvalue weighted by atomic mass is 16.4. The predicted molar refractivity (Wildman–Crippen MR) is 125 cm³/mol. The lowest BCUT2D eigenvalue weighted by Gasteiger charge is -2.25. The Hall–Kier alpha value is -4.31. The largest absolute Gasteiger partial charge is 0.507 e. The molecule has 1 amide bonds. The Morgan fingerprint density at radius 1 is 0.613 bits per heavy atom. The second-order valence-corrected chi connectivity index (χ2v) is 7.32. The van der Waals surface area contributed by atoms with Gasteiger partial charge >= 0.3 is 6.09 Å². The summed E-state index contributed by atoms with van der Waals surface area (Å²) in [4.78, 5) is 13.7. The molecule has 5 aromatic carbocycles. The number of nitrogens with zero attached hydrogens (tertiary/aromatic N) is 1. The number of aromatic hydroxyl groups is 1. The van der Waals surface area contributed by atoms with E-state index in [4.69, 9.17) is 0 Å². The summed E-state index contributed by atoms with van der Waals surface area (Å²) in [6, 6.07) is 31.8. The normalized spacial score (nSPS) is 11.0. The first-order valence-electron chi connectivity index (χ1n) is 9.96. The van der Waals surface area contributed by atoms with Crippen LogP contribution in [0.2, 0.25) is 0 Å². The van der Waals surface area contributed by atoms with Crippen molar-refractivity contribution in [2.45, 2.75) is 0 Å². The Morgan fingerprint density at radius 3 is 1.81 bits per heavy atom. The van der Waals surface area contributed by atoms with Crippen molar-refractivity contribution < 1.29 is 15.0 Å². The average Bonchev–Trinajstić information content (AvgIpc) is 2.80. The molecule has 4 heteroatoms. The van der Waals surface area contributed by atoms with Crippen LogP contribution in [0.5, 0.6) is 5.75 Å². The number of rotatable bonds is 3. The molecular weight excluding hydrogens is 386 g/mol. The van der Waals surface area contributed by atoms with Crippen molar-refractivity contribution in [2.24, 2.45) is 0 Å². The van der Waals surface area contributed by atoms with Gasteiger partial charge in [0.15, 0.2) is 0 Å². The molecule has 0 radical (unpaired) electrons. The standard InChI is InChI=1S/C27H19NO3/c29-24-17-15-19-9-5-7-13-22(19)26(24)25-21-12-6-4-8-18(21)14-16-23(25)28(27(30)31)20-10-2-1-3-11-20/h1-17,29H,(H,30,31). The molecular formula is C27H19NO3. The van der Waals surface area contributed by atoms with E-state index in [1.165, 1.54) is 4.90 Å². The molecule has 31 heavy (non-hydrogen) atoms. The number of anilines is 2. The van der Waals surface area contributed by atoms with E-state index < -0.39 is 6.09 Å². The second kappa shape index (κ2) is 7.50. The number of benzene rings is 5. The predicted octanol–water partition coefficient (Wildman–Crippen LogP) is 7.18. The number of carbonyl (C=O) groups is 1. The third-order valence-corrected chi connectivity index (χ3v) is 5.51. The van der Waals surface area contributed by atoms with Gasteiger partial charge in [-0.1, -0.05) is 78.9 Å². The van der Waals surface area contributed by atoms with E-state index in [9.17, 15) is 15.0 Å². The highest BCUT2D eigenvalue weighted by Crippen LogP contribution is 2.46. The van der Waals surface area contributed by atoms with Gasteiger partial charge in [0, 0.05) is 11.1 Å². The Bertz CT molecular complexity index is 1430. The van der Waals surface area contributed by atoms with Gasteiger partial charge in [-0.3, -0.25) is 0 Å². The van der Waals surface area contributed by atoms with Crippen LogP contribution >= 0.6 is 0 Å². The molecule has 0 aliphatic heterocycles. The lowest BCUT2D eigenvalue weighted by atomic mass is 9.91. The molecule has 0 bridgehead atoms. The number of phenolic OH excluding ortho intramolecular Hbond substituents is 1. The SMILES string of the molecule is O=C(O)N(c1ccccc1)c1ccc2ccccc2c1-c1c(O)ccc2ccccc12. The van der Waals surface area contributed by atoms with Crippen LogP contribution in [0.3, 0.4) is 0 Å².